The molecule has 1 aromatic heterocycles. The lowest BCUT2D eigenvalue weighted by molar-refractivity contribution is 0.102. The van der Waals surface area contributed by atoms with Crippen LogP contribution in [0, 0.1) is 0 Å². The molecule has 2 N–H and O–H groups in total. The van der Waals surface area contributed by atoms with Gasteiger partial charge in [-0.25, -0.2) is 0 Å². The van der Waals surface area contributed by atoms with Gasteiger partial charge in [0, 0.05) is 32.0 Å². The summed E-state index contributed by atoms with van der Waals surface area (Å²) < 4.78 is 6.98. The molecule has 1 heterocycles. The van der Waals surface area contributed by atoms with Crippen LogP contribution in [-0.2, 0) is 7.05 Å². The van der Waals surface area contributed by atoms with Gasteiger partial charge in [0.15, 0.2) is 0 Å². The average Bonchev–Trinajstić information content (AvgIpc) is 2.88. The molecule has 2 rings (SSSR count). The van der Waals surface area contributed by atoms with Crippen molar-refractivity contribution in [1.82, 2.24) is 9.78 Å². The van der Waals surface area contributed by atoms with E-state index in [2.05, 4.69) is 10.4 Å². The Labute approximate surface area is 117 Å². The highest BCUT2D eigenvalue weighted by Crippen LogP contribution is 2.16. The van der Waals surface area contributed by atoms with Gasteiger partial charge in [-0.3, -0.25) is 9.48 Å². The molecular formula is C14H17N3O3. The fourth-order valence-electron chi connectivity index (χ4n) is 1.63. The zero-order valence-corrected chi connectivity index (χ0v) is 11.2. The Morgan fingerprint density at radius 2 is 2.15 bits per heavy atom. The number of nitrogens with zero attached hydrogens (tertiary/aromatic N) is 2. The lowest BCUT2D eigenvalue weighted by Gasteiger charge is -2.07. The van der Waals surface area contributed by atoms with Gasteiger partial charge in [0.1, 0.15) is 5.75 Å². The molecule has 6 nitrogen and oxygen atoms in total. The van der Waals surface area contributed by atoms with E-state index < -0.39 is 0 Å². The minimum Gasteiger partial charge on any atom is -0.494 e. The number of benzene rings is 1. The molecule has 1 amide bonds. The Kier molecular flexibility index (Phi) is 4.73. The van der Waals surface area contributed by atoms with E-state index in [1.165, 1.54) is 6.20 Å². The molecule has 0 bridgehead atoms. The number of aromatic nitrogens is 2. The van der Waals surface area contributed by atoms with E-state index >= 15 is 0 Å². The summed E-state index contributed by atoms with van der Waals surface area (Å²) in [5.74, 6) is 0.505. The van der Waals surface area contributed by atoms with Crippen molar-refractivity contribution >= 4 is 11.6 Å². The maximum absolute atomic E-state index is 11.9. The van der Waals surface area contributed by atoms with Crippen LogP contribution in [0.4, 0.5) is 5.69 Å². The van der Waals surface area contributed by atoms with E-state index in [4.69, 9.17) is 9.84 Å². The lowest BCUT2D eigenvalue weighted by atomic mass is 10.2. The van der Waals surface area contributed by atoms with E-state index in [0.29, 0.717) is 30.0 Å². The van der Waals surface area contributed by atoms with Gasteiger partial charge in [0.25, 0.3) is 5.91 Å². The number of hydrogen-bond acceptors (Lipinski definition) is 4. The van der Waals surface area contributed by atoms with Gasteiger partial charge in [-0.2, -0.15) is 5.10 Å². The first-order valence-corrected chi connectivity index (χ1v) is 6.33. The molecule has 0 saturated carbocycles. The minimum absolute atomic E-state index is 0.110. The zero-order valence-electron chi connectivity index (χ0n) is 11.2. The third kappa shape index (κ3) is 3.83. The predicted octanol–water partition coefficient (Wildman–Crippen LogP) is 1.43. The van der Waals surface area contributed by atoms with Crippen LogP contribution in [0.2, 0.25) is 0 Å². The molecule has 0 aliphatic carbocycles. The molecule has 0 spiro atoms. The van der Waals surface area contributed by atoms with Crippen molar-refractivity contribution in [2.24, 2.45) is 7.05 Å². The fraction of sp³-hybridized carbons (Fsp3) is 0.286. The molecule has 6 heteroatoms. The summed E-state index contributed by atoms with van der Waals surface area (Å²) in [4.78, 5) is 11.9. The first-order chi connectivity index (χ1) is 9.69. The quantitative estimate of drug-likeness (QED) is 0.782. The van der Waals surface area contributed by atoms with Gasteiger partial charge in [0.2, 0.25) is 0 Å². The van der Waals surface area contributed by atoms with Crippen LogP contribution in [0.3, 0.4) is 0 Å². The van der Waals surface area contributed by atoms with Crippen molar-refractivity contribution in [2.75, 3.05) is 18.5 Å². The number of aliphatic hydroxyl groups excluding tert-OH is 1. The Morgan fingerprint density at radius 3 is 2.75 bits per heavy atom. The Hall–Kier alpha value is -2.34. The highest BCUT2D eigenvalue weighted by Gasteiger charge is 2.07. The zero-order chi connectivity index (χ0) is 14.4. The number of aryl methyl sites for hydroxylation is 1. The number of carbonyl (C=O) groups excluding carboxylic acids is 1. The van der Waals surface area contributed by atoms with Crippen molar-refractivity contribution in [3.63, 3.8) is 0 Å². The van der Waals surface area contributed by atoms with Gasteiger partial charge >= 0.3 is 0 Å². The van der Waals surface area contributed by atoms with Crippen molar-refractivity contribution < 1.29 is 14.6 Å². The Bertz CT molecular complexity index is 563. The monoisotopic (exact) mass is 275 g/mol. The molecular weight excluding hydrogens is 258 g/mol. The van der Waals surface area contributed by atoms with E-state index in [9.17, 15) is 4.79 Å². The van der Waals surface area contributed by atoms with E-state index in [1.807, 2.05) is 0 Å². The molecule has 106 valence electrons. The van der Waals surface area contributed by atoms with Crippen molar-refractivity contribution in [2.45, 2.75) is 6.42 Å². The summed E-state index contributed by atoms with van der Waals surface area (Å²) in [6.07, 6.45) is 3.77. The molecule has 0 aliphatic heterocycles. The van der Waals surface area contributed by atoms with E-state index in [0.717, 1.165) is 0 Å². The Morgan fingerprint density at radius 1 is 1.40 bits per heavy atom. The number of ether oxygens (including phenoxy) is 1. The smallest absolute Gasteiger partial charge is 0.258 e. The summed E-state index contributed by atoms with van der Waals surface area (Å²) in [7, 11) is 1.76. The highest BCUT2D eigenvalue weighted by molar-refractivity contribution is 6.03. The highest BCUT2D eigenvalue weighted by atomic mass is 16.5. The largest absolute Gasteiger partial charge is 0.494 e. The number of carbonyl (C=O) groups is 1. The van der Waals surface area contributed by atoms with Crippen LogP contribution in [0.1, 0.15) is 16.8 Å². The minimum atomic E-state index is -0.202. The normalized spacial score (nSPS) is 10.3. The molecule has 0 atom stereocenters. The van der Waals surface area contributed by atoms with Gasteiger partial charge in [-0.15, -0.1) is 0 Å². The van der Waals surface area contributed by atoms with Crippen LogP contribution >= 0.6 is 0 Å². The van der Waals surface area contributed by atoms with Crippen molar-refractivity contribution in [3.05, 3.63) is 42.2 Å². The van der Waals surface area contributed by atoms with Gasteiger partial charge < -0.3 is 15.2 Å². The molecule has 2 aromatic rings. The van der Waals surface area contributed by atoms with Crippen LogP contribution in [0.25, 0.3) is 0 Å². The molecule has 0 unspecified atom stereocenters. The summed E-state index contributed by atoms with van der Waals surface area (Å²) in [6.45, 7) is 0.580. The fourth-order valence-corrected chi connectivity index (χ4v) is 1.63. The topological polar surface area (TPSA) is 76.4 Å². The van der Waals surface area contributed by atoms with Gasteiger partial charge in [0.05, 0.1) is 18.4 Å². The van der Waals surface area contributed by atoms with Gasteiger partial charge in [-0.1, -0.05) is 0 Å². The van der Waals surface area contributed by atoms with Crippen LogP contribution in [0.15, 0.2) is 36.7 Å². The third-order valence-corrected chi connectivity index (χ3v) is 2.65. The number of hydrogen-bond donors (Lipinski definition) is 2. The number of anilines is 1. The second-order valence-corrected chi connectivity index (χ2v) is 4.31. The maximum atomic E-state index is 11.9. The summed E-state index contributed by atoms with van der Waals surface area (Å²) >= 11 is 0. The molecule has 0 aliphatic rings. The predicted molar refractivity (Wildman–Crippen MR) is 74.8 cm³/mol. The molecule has 0 radical (unpaired) electrons. The van der Waals surface area contributed by atoms with Crippen LogP contribution < -0.4 is 10.1 Å². The van der Waals surface area contributed by atoms with Gasteiger partial charge in [-0.05, 0) is 24.3 Å². The second kappa shape index (κ2) is 6.72. The lowest BCUT2D eigenvalue weighted by Crippen LogP contribution is -2.11. The molecule has 1 aromatic carbocycles. The van der Waals surface area contributed by atoms with E-state index in [1.54, 1.807) is 42.2 Å². The summed E-state index contributed by atoms with van der Waals surface area (Å²) in [6, 6.07) is 7.08. The number of nitrogens with one attached hydrogen (secondary N) is 1. The number of aliphatic hydroxyl groups is 1. The number of amides is 1. The SMILES string of the molecule is Cn1cc(C(=O)Nc2ccc(OCCCO)cc2)cn1. The first-order valence-electron chi connectivity index (χ1n) is 6.33. The van der Waals surface area contributed by atoms with Crippen LogP contribution in [0.5, 0.6) is 5.75 Å². The van der Waals surface area contributed by atoms with Crippen molar-refractivity contribution in [1.29, 1.82) is 0 Å². The third-order valence-electron chi connectivity index (χ3n) is 2.65. The van der Waals surface area contributed by atoms with Crippen LogP contribution in [-0.4, -0.2) is 34.0 Å². The summed E-state index contributed by atoms with van der Waals surface area (Å²) in [5.41, 5.74) is 1.20. The Balaban J connectivity index is 1.91. The molecule has 0 fully saturated rings. The first kappa shape index (κ1) is 14.1. The number of rotatable bonds is 6. The maximum Gasteiger partial charge on any atom is 0.258 e. The second-order valence-electron chi connectivity index (χ2n) is 4.31. The van der Waals surface area contributed by atoms with E-state index in [-0.39, 0.29) is 12.5 Å². The summed E-state index contributed by atoms with van der Waals surface area (Å²) in [5, 5.41) is 15.4. The molecule has 20 heavy (non-hydrogen) atoms. The standard InChI is InChI=1S/C14H17N3O3/c1-17-10-11(9-15-17)14(19)16-12-3-5-13(6-4-12)20-8-2-7-18/h3-6,9-10,18H,2,7-8H2,1H3,(H,16,19). The average molecular weight is 275 g/mol. The molecule has 0 saturated heterocycles. The van der Waals surface area contributed by atoms with Crippen molar-refractivity contribution in [3.8, 4) is 5.75 Å².